The van der Waals surface area contributed by atoms with Gasteiger partial charge in [0.15, 0.2) is 5.76 Å². The normalized spacial score (nSPS) is 22.1. The van der Waals surface area contributed by atoms with Gasteiger partial charge in [-0.05, 0) is 50.0 Å². The van der Waals surface area contributed by atoms with E-state index < -0.39 is 12.3 Å². The van der Waals surface area contributed by atoms with Crippen LogP contribution in [-0.2, 0) is 28.5 Å². The van der Waals surface area contributed by atoms with E-state index in [0.717, 1.165) is 44.3 Å². The Labute approximate surface area is 226 Å². The molecule has 2 aliphatic heterocycles. The molecule has 0 unspecified atom stereocenters. The highest BCUT2D eigenvalue weighted by Gasteiger charge is 2.39. The van der Waals surface area contributed by atoms with Crippen molar-refractivity contribution in [2.45, 2.75) is 57.7 Å². The van der Waals surface area contributed by atoms with Gasteiger partial charge in [-0.2, -0.15) is 0 Å². The number of hydrogen-bond donors (Lipinski definition) is 1. The molecule has 0 saturated carbocycles. The topological polar surface area (TPSA) is 104 Å². The van der Waals surface area contributed by atoms with Gasteiger partial charge in [0.2, 0.25) is 6.29 Å². The highest BCUT2D eigenvalue weighted by atomic mass is 16.7. The zero-order chi connectivity index (χ0) is 27.2. The Morgan fingerprint density at radius 3 is 2.26 bits per heavy atom. The summed E-state index contributed by atoms with van der Waals surface area (Å²) in [5.41, 5.74) is 1.42. The quantitative estimate of drug-likeness (QED) is 0.303. The molecule has 2 heterocycles. The van der Waals surface area contributed by atoms with Gasteiger partial charge in [-0.1, -0.05) is 31.4 Å². The van der Waals surface area contributed by atoms with E-state index in [1.807, 2.05) is 30.0 Å². The molecule has 2 aliphatic rings. The van der Waals surface area contributed by atoms with Crippen LogP contribution in [0.1, 0.15) is 67.3 Å². The van der Waals surface area contributed by atoms with Gasteiger partial charge < -0.3 is 33.7 Å². The first-order chi connectivity index (χ1) is 18.6. The number of allylic oxidation sites excluding steroid dienone is 1. The number of aliphatic hydroxyl groups excluding tert-OH is 1. The average molecular weight is 534 g/mol. The predicted molar refractivity (Wildman–Crippen MR) is 142 cm³/mol. The van der Waals surface area contributed by atoms with Crippen molar-refractivity contribution in [3.8, 4) is 0 Å². The molecule has 3 rings (SSSR count). The molecule has 212 valence electrons. The number of carbonyl (C=O) groups is 2. The molecule has 1 saturated heterocycles. The van der Waals surface area contributed by atoms with Crippen molar-refractivity contribution in [3.05, 3.63) is 47.2 Å². The molecular formula is C29H43NO8. The molecule has 1 aromatic rings. The molecule has 1 amide bonds. The van der Waals surface area contributed by atoms with Crippen LogP contribution in [0.5, 0.6) is 0 Å². The lowest BCUT2D eigenvalue weighted by Crippen LogP contribution is -2.41. The Bertz CT molecular complexity index is 879. The lowest BCUT2D eigenvalue weighted by molar-refractivity contribution is -0.172. The first-order valence-corrected chi connectivity index (χ1v) is 13.8. The van der Waals surface area contributed by atoms with Crippen molar-refractivity contribution in [2.24, 2.45) is 5.92 Å². The summed E-state index contributed by atoms with van der Waals surface area (Å²) in [7, 11) is 1.36. The monoisotopic (exact) mass is 533 g/mol. The van der Waals surface area contributed by atoms with E-state index in [1.165, 1.54) is 13.5 Å². The standard InChI is InChI=1S/C29H43NO8/c1-3-37-29-24(13-17-35-19-20-36-18-16-31)25(22-9-11-23(12-10-22)28(33)34-2)21-26(38-29)27(32)30-14-7-5-4-6-8-15-30/h9-12,21,24-25,29,31H,3-8,13-20H2,1-2H3/t24-,25+,29+/m1/s1. The number of aliphatic hydroxyl groups is 1. The summed E-state index contributed by atoms with van der Waals surface area (Å²) in [5.74, 6) is -0.451. The summed E-state index contributed by atoms with van der Waals surface area (Å²) in [4.78, 5) is 27.5. The summed E-state index contributed by atoms with van der Waals surface area (Å²) in [5, 5.41) is 8.84. The van der Waals surface area contributed by atoms with Crippen LogP contribution in [0.2, 0.25) is 0 Å². The minimum atomic E-state index is -0.613. The van der Waals surface area contributed by atoms with Gasteiger partial charge in [0, 0.05) is 38.1 Å². The van der Waals surface area contributed by atoms with Crippen molar-refractivity contribution in [3.63, 3.8) is 0 Å². The second-order valence-corrected chi connectivity index (χ2v) is 9.57. The van der Waals surface area contributed by atoms with Crippen LogP contribution < -0.4 is 0 Å². The Morgan fingerprint density at radius 1 is 0.974 bits per heavy atom. The highest BCUT2D eigenvalue weighted by Crippen LogP contribution is 2.39. The molecule has 0 spiro atoms. The molecule has 9 nitrogen and oxygen atoms in total. The fraction of sp³-hybridized carbons (Fsp3) is 0.655. The summed E-state index contributed by atoms with van der Waals surface area (Å²) in [6.45, 7) is 5.36. The van der Waals surface area contributed by atoms with Crippen LogP contribution in [0.4, 0.5) is 0 Å². The fourth-order valence-corrected chi connectivity index (χ4v) is 4.98. The van der Waals surface area contributed by atoms with E-state index >= 15 is 0 Å². The van der Waals surface area contributed by atoms with E-state index in [0.29, 0.717) is 44.2 Å². The van der Waals surface area contributed by atoms with Crippen LogP contribution in [-0.4, -0.2) is 88.0 Å². The van der Waals surface area contributed by atoms with Crippen LogP contribution in [0, 0.1) is 5.92 Å². The van der Waals surface area contributed by atoms with Crippen LogP contribution in [0.25, 0.3) is 0 Å². The van der Waals surface area contributed by atoms with Crippen molar-refractivity contribution in [1.29, 1.82) is 0 Å². The number of rotatable bonds is 13. The molecule has 1 aromatic carbocycles. The second-order valence-electron chi connectivity index (χ2n) is 9.57. The van der Waals surface area contributed by atoms with Gasteiger partial charge in [0.05, 0.1) is 39.1 Å². The molecule has 0 radical (unpaired) electrons. The highest BCUT2D eigenvalue weighted by molar-refractivity contribution is 5.92. The number of nitrogens with zero attached hydrogens (tertiary/aromatic N) is 1. The van der Waals surface area contributed by atoms with Crippen LogP contribution in [0.15, 0.2) is 36.1 Å². The number of likely N-dealkylation sites (tertiary alicyclic amines) is 1. The van der Waals surface area contributed by atoms with Gasteiger partial charge in [-0.3, -0.25) is 4.79 Å². The Kier molecular flexibility index (Phi) is 13.1. The SMILES string of the molecule is CCO[C@H]1OC(C(=O)N2CCCCCCC2)=C[C@@H](c2ccc(C(=O)OC)cc2)[C@H]1CCOCCOCCO. The van der Waals surface area contributed by atoms with Crippen molar-refractivity contribution in [1.82, 2.24) is 4.90 Å². The largest absolute Gasteiger partial charge is 0.465 e. The average Bonchev–Trinajstić information content (AvgIpc) is 2.92. The molecule has 1 fully saturated rings. The lowest BCUT2D eigenvalue weighted by Gasteiger charge is -2.38. The predicted octanol–water partition coefficient (Wildman–Crippen LogP) is 3.66. The lowest BCUT2D eigenvalue weighted by atomic mass is 9.81. The van der Waals surface area contributed by atoms with Gasteiger partial charge in [0.1, 0.15) is 0 Å². The van der Waals surface area contributed by atoms with E-state index in [1.54, 1.807) is 12.1 Å². The van der Waals surface area contributed by atoms with Crippen molar-refractivity contribution >= 4 is 11.9 Å². The summed E-state index contributed by atoms with van der Waals surface area (Å²) < 4.78 is 28.2. The minimum absolute atomic E-state index is 0.0171. The smallest absolute Gasteiger partial charge is 0.337 e. The first kappa shape index (κ1) is 30.1. The molecule has 9 heteroatoms. The third-order valence-electron chi connectivity index (χ3n) is 6.99. The zero-order valence-electron chi connectivity index (χ0n) is 22.8. The molecule has 0 bridgehead atoms. The number of ether oxygens (including phenoxy) is 5. The maximum absolute atomic E-state index is 13.6. The van der Waals surface area contributed by atoms with Gasteiger partial charge >= 0.3 is 5.97 Å². The Morgan fingerprint density at radius 2 is 1.63 bits per heavy atom. The van der Waals surface area contributed by atoms with Crippen molar-refractivity contribution < 1.29 is 38.4 Å². The Balaban J connectivity index is 1.83. The maximum atomic E-state index is 13.6. The number of benzene rings is 1. The molecular weight excluding hydrogens is 490 g/mol. The fourth-order valence-electron chi connectivity index (χ4n) is 4.98. The summed E-state index contributed by atoms with van der Waals surface area (Å²) in [6.07, 6.45) is 7.41. The number of methoxy groups -OCH3 is 1. The Hall–Kier alpha value is -2.46. The first-order valence-electron chi connectivity index (χ1n) is 13.8. The maximum Gasteiger partial charge on any atom is 0.337 e. The van der Waals surface area contributed by atoms with Crippen LogP contribution in [0.3, 0.4) is 0 Å². The van der Waals surface area contributed by atoms with E-state index in [9.17, 15) is 9.59 Å². The second kappa shape index (κ2) is 16.5. The summed E-state index contributed by atoms with van der Waals surface area (Å²) >= 11 is 0. The van der Waals surface area contributed by atoms with Gasteiger partial charge in [-0.15, -0.1) is 0 Å². The van der Waals surface area contributed by atoms with E-state index in [4.69, 9.17) is 28.8 Å². The molecule has 0 aromatic heterocycles. The third kappa shape index (κ3) is 8.80. The summed E-state index contributed by atoms with van der Waals surface area (Å²) in [6, 6.07) is 7.28. The molecule has 1 N–H and O–H groups in total. The molecule has 38 heavy (non-hydrogen) atoms. The van der Waals surface area contributed by atoms with Gasteiger partial charge in [-0.25, -0.2) is 4.79 Å². The van der Waals surface area contributed by atoms with Crippen molar-refractivity contribution in [2.75, 3.05) is 59.8 Å². The van der Waals surface area contributed by atoms with E-state index in [-0.39, 0.29) is 31.0 Å². The van der Waals surface area contributed by atoms with E-state index in [2.05, 4.69) is 0 Å². The number of esters is 1. The number of amides is 1. The zero-order valence-corrected chi connectivity index (χ0v) is 22.8. The molecule has 0 aliphatic carbocycles. The third-order valence-corrected chi connectivity index (χ3v) is 6.99. The number of hydrogen-bond acceptors (Lipinski definition) is 8. The van der Waals surface area contributed by atoms with Crippen LogP contribution >= 0.6 is 0 Å². The minimum Gasteiger partial charge on any atom is -0.465 e. The number of carbonyl (C=O) groups excluding carboxylic acids is 2. The van der Waals surface area contributed by atoms with Gasteiger partial charge in [0.25, 0.3) is 5.91 Å². The molecule has 3 atom stereocenters.